The van der Waals surface area contributed by atoms with E-state index in [1.54, 1.807) is 24.3 Å². The maximum absolute atomic E-state index is 11.9. The molecular weight excluding hydrogens is 338 g/mol. The number of hydrogen-bond acceptors (Lipinski definition) is 6. The second-order valence-corrected chi connectivity index (χ2v) is 6.22. The van der Waals surface area contributed by atoms with Crippen LogP contribution < -0.4 is 5.32 Å². The molecule has 1 aromatic heterocycles. The monoisotopic (exact) mass is 355 g/mol. The van der Waals surface area contributed by atoms with Crippen molar-refractivity contribution in [1.82, 2.24) is 15.5 Å². The number of benzene rings is 2. The van der Waals surface area contributed by atoms with Gasteiger partial charge in [0.1, 0.15) is 5.75 Å². The van der Waals surface area contributed by atoms with Crippen LogP contribution in [0.5, 0.6) is 5.75 Å². The Balaban J connectivity index is 1.44. The van der Waals surface area contributed by atoms with Crippen LogP contribution in [-0.4, -0.2) is 33.5 Å². The van der Waals surface area contributed by atoms with E-state index in [4.69, 9.17) is 4.42 Å². The highest BCUT2D eigenvalue weighted by Gasteiger charge is 2.11. The molecule has 0 atom stereocenters. The summed E-state index contributed by atoms with van der Waals surface area (Å²) in [6.07, 6.45) is 0.794. The van der Waals surface area contributed by atoms with Crippen molar-refractivity contribution in [3.63, 3.8) is 0 Å². The molecule has 25 heavy (non-hydrogen) atoms. The molecule has 2 N–H and O–H groups in total. The summed E-state index contributed by atoms with van der Waals surface area (Å²) >= 11 is 1.19. The fourth-order valence-corrected chi connectivity index (χ4v) is 2.75. The van der Waals surface area contributed by atoms with Gasteiger partial charge < -0.3 is 14.8 Å². The normalized spacial score (nSPS) is 10.6. The zero-order valence-corrected chi connectivity index (χ0v) is 14.2. The lowest BCUT2D eigenvalue weighted by Gasteiger charge is -2.04. The third kappa shape index (κ3) is 5.09. The third-order valence-corrected chi connectivity index (χ3v) is 4.24. The van der Waals surface area contributed by atoms with Crippen LogP contribution in [0.2, 0.25) is 0 Å². The van der Waals surface area contributed by atoms with Crippen LogP contribution in [0, 0.1) is 0 Å². The van der Waals surface area contributed by atoms with E-state index in [0.717, 1.165) is 6.42 Å². The maximum Gasteiger partial charge on any atom is 0.277 e. The van der Waals surface area contributed by atoms with Gasteiger partial charge in [-0.2, -0.15) is 0 Å². The van der Waals surface area contributed by atoms with Crippen molar-refractivity contribution in [3.05, 3.63) is 60.2 Å². The van der Waals surface area contributed by atoms with Gasteiger partial charge in [0, 0.05) is 12.1 Å². The highest BCUT2D eigenvalue weighted by molar-refractivity contribution is 7.99. The summed E-state index contributed by atoms with van der Waals surface area (Å²) < 4.78 is 5.51. The van der Waals surface area contributed by atoms with Crippen LogP contribution in [0.15, 0.2) is 64.2 Å². The second-order valence-electron chi connectivity index (χ2n) is 5.29. The fourth-order valence-electron chi connectivity index (χ4n) is 2.16. The number of carbonyl (C=O) groups excluding carboxylic acids is 1. The van der Waals surface area contributed by atoms with E-state index >= 15 is 0 Å². The minimum absolute atomic E-state index is 0.0784. The first-order valence-corrected chi connectivity index (χ1v) is 8.75. The SMILES string of the molecule is O=C(CSc1nnc(-c2ccc(O)cc2)o1)NCCc1ccccc1. The van der Waals surface area contributed by atoms with E-state index < -0.39 is 0 Å². The molecule has 0 aliphatic rings. The predicted molar refractivity (Wildman–Crippen MR) is 95.3 cm³/mol. The molecule has 0 aliphatic heterocycles. The number of nitrogens with zero attached hydrogens (tertiary/aromatic N) is 2. The standard InChI is InChI=1S/C18H17N3O3S/c22-15-8-6-14(7-9-15)17-20-21-18(24-17)25-12-16(23)19-11-10-13-4-2-1-3-5-13/h1-9,22H,10-12H2,(H,19,23). The minimum atomic E-state index is -0.0784. The number of hydrogen-bond donors (Lipinski definition) is 2. The highest BCUT2D eigenvalue weighted by Crippen LogP contribution is 2.24. The quantitative estimate of drug-likeness (QED) is 0.634. The Morgan fingerprint density at radius 1 is 1.08 bits per heavy atom. The van der Waals surface area contributed by atoms with Gasteiger partial charge in [-0.15, -0.1) is 10.2 Å². The lowest BCUT2D eigenvalue weighted by molar-refractivity contribution is -0.118. The molecule has 0 saturated carbocycles. The summed E-state index contributed by atoms with van der Waals surface area (Å²) in [6.45, 7) is 0.589. The molecule has 0 radical (unpaired) electrons. The number of thioether (sulfide) groups is 1. The van der Waals surface area contributed by atoms with Crippen molar-refractivity contribution in [3.8, 4) is 17.2 Å². The van der Waals surface area contributed by atoms with E-state index in [9.17, 15) is 9.90 Å². The number of amides is 1. The Kier molecular flexibility index (Phi) is 5.69. The Labute approximate surface area is 149 Å². The molecule has 0 unspecified atom stereocenters. The molecule has 0 fully saturated rings. The average molecular weight is 355 g/mol. The van der Waals surface area contributed by atoms with Gasteiger partial charge in [-0.25, -0.2) is 0 Å². The molecule has 6 nitrogen and oxygen atoms in total. The van der Waals surface area contributed by atoms with Gasteiger partial charge in [-0.05, 0) is 36.2 Å². The second kappa shape index (κ2) is 8.34. The Morgan fingerprint density at radius 2 is 1.84 bits per heavy atom. The molecule has 7 heteroatoms. The summed E-state index contributed by atoms with van der Waals surface area (Å²) in [6, 6.07) is 16.5. The first-order valence-electron chi connectivity index (χ1n) is 7.77. The molecule has 128 valence electrons. The van der Waals surface area contributed by atoms with Gasteiger partial charge in [-0.1, -0.05) is 42.1 Å². The largest absolute Gasteiger partial charge is 0.508 e. The number of nitrogens with one attached hydrogen (secondary N) is 1. The molecule has 1 heterocycles. The number of phenols is 1. The smallest absolute Gasteiger partial charge is 0.277 e. The molecular formula is C18H17N3O3S. The van der Waals surface area contributed by atoms with Gasteiger partial charge in [0.15, 0.2) is 0 Å². The van der Waals surface area contributed by atoms with Crippen molar-refractivity contribution >= 4 is 17.7 Å². The molecule has 0 aliphatic carbocycles. The van der Waals surface area contributed by atoms with Gasteiger partial charge in [0.2, 0.25) is 11.8 Å². The van der Waals surface area contributed by atoms with Gasteiger partial charge in [0.05, 0.1) is 5.75 Å². The summed E-state index contributed by atoms with van der Waals surface area (Å²) in [5.41, 5.74) is 1.90. The van der Waals surface area contributed by atoms with E-state index in [1.165, 1.54) is 17.3 Å². The van der Waals surface area contributed by atoms with Crippen LogP contribution >= 0.6 is 11.8 Å². The molecule has 1 amide bonds. The summed E-state index contributed by atoms with van der Waals surface area (Å²) in [5.74, 6) is 0.661. The van der Waals surface area contributed by atoms with Crippen molar-refractivity contribution in [2.24, 2.45) is 0 Å². The molecule has 2 aromatic carbocycles. The van der Waals surface area contributed by atoms with Gasteiger partial charge in [0.25, 0.3) is 5.22 Å². The van der Waals surface area contributed by atoms with Crippen molar-refractivity contribution < 1.29 is 14.3 Å². The topological polar surface area (TPSA) is 88.2 Å². The first kappa shape index (κ1) is 17.0. The van der Waals surface area contributed by atoms with E-state index in [2.05, 4.69) is 15.5 Å². The van der Waals surface area contributed by atoms with Gasteiger partial charge >= 0.3 is 0 Å². The number of aromatic hydroxyl groups is 1. The van der Waals surface area contributed by atoms with Crippen LogP contribution in [0.25, 0.3) is 11.5 Å². The lowest BCUT2D eigenvalue weighted by Crippen LogP contribution is -2.27. The Hall–Kier alpha value is -2.80. The zero-order valence-electron chi connectivity index (χ0n) is 13.4. The molecule has 0 bridgehead atoms. The van der Waals surface area contributed by atoms with Crippen LogP contribution in [0.4, 0.5) is 0 Å². The van der Waals surface area contributed by atoms with E-state index in [-0.39, 0.29) is 17.4 Å². The summed E-state index contributed by atoms with van der Waals surface area (Å²) in [4.78, 5) is 11.9. The fraction of sp³-hybridized carbons (Fsp3) is 0.167. The van der Waals surface area contributed by atoms with Crippen LogP contribution in [0.3, 0.4) is 0 Å². The van der Waals surface area contributed by atoms with Crippen LogP contribution in [0.1, 0.15) is 5.56 Å². The summed E-state index contributed by atoms with van der Waals surface area (Å²) in [7, 11) is 0. The Bertz CT molecular complexity index is 819. The third-order valence-electron chi connectivity index (χ3n) is 3.43. The van der Waals surface area contributed by atoms with Gasteiger partial charge in [-0.3, -0.25) is 4.79 Å². The first-order chi connectivity index (χ1) is 12.2. The number of aromatic nitrogens is 2. The van der Waals surface area contributed by atoms with E-state index in [0.29, 0.717) is 23.2 Å². The highest BCUT2D eigenvalue weighted by atomic mass is 32.2. The summed E-state index contributed by atoms with van der Waals surface area (Å²) in [5, 5.41) is 20.3. The number of carbonyl (C=O) groups is 1. The average Bonchev–Trinajstić information content (AvgIpc) is 3.10. The van der Waals surface area contributed by atoms with E-state index in [1.807, 2.05) is 30.3 Å². The predicted octanol–water partition coefficient (Wildman–Crippen LogP) is 2.89. The number of phenolic OH excluding ortho intramolecular Hbond substituents is 1. The molecule has 3 aromatic rings. The van der Waals surface area contributed by atoms with Crippen molar-refractivity contribution in [1.29, 1.82) is 0 Å². The zero-order chi connectivity index (χ0) is 17.5. The Morgan fingerprint density at radius 3 is 2.60 bits per heavy atom. The maximum atomic E-state index is 11.9. The number of rotatable bonds is 7. The van der Waals surface area contributed by atoms with Crippen molar-refractivity contribution in [2.75, 3.05) is 12.3 Å². The minimum Gasteiger partial charge on any atom is -0.508 e. The lowest BCUT2D eigenvalue weighted by atomic mass is 10.1. The molecule has 3 rings (SSSR count). The molecule has 0 spiro atoms. The van der Waals surface area contributed by atoms with Crippen LogP contribution in [-0.2, 0) is 11.2 Å². The molecule has 0 saturated heterocycles. The van der Waals surface area contributed by atoms with Crippen molar-refractivity contribution in [2.45, 2.75) is 11.6 Å².